The van der Waals surface area contributed by atoms with Crippen LogP contribution in [0, 0.1) is 28.6 Å². The zero-order valence-electron chi connectivity index (χ0n) is 17.9. The third-order valence-electron chi connectivity index (χ3n) is 8.42. The van der Waals surface area contributed by atoms with Crippen LogP contribution in [-0.4, -0.2) is 40.8 Å². The average molecular weight is 401 g/mol. The lowest BCUT2D eigenvalue weighted by Crippen LogP contribution is -2.60. The van der Waals surface area contributed by atoms with Crippen LogP contribution in [0.4, 0.5) is 0 Å². The van der Waals surface area contributed by atoms with Crippen molar-refractivity contribution in [3.8, 4) is 0 Å². The molecule has 5 nitrogen and oxygen atoms in total. The smallest absolute Gasteiger partial charge is 0.190 e. The molecule has 1 N–H and O–H groups in total. The minimum Gasteiger partial charge on any atom is -0.381 e. The molecule has 0 aromatic rings. The van der Waals surface area contributed by atoms with Gasteiger partial charge >= 0.3 is 0 Å². The molecule has 29 heavy (non-hydrogen) atoms. The fraction of sp³-hybridized carbons (Fsp3) is 0.708. The van der Waals surface area contributed by atoms with Gasteiger partial charge < -0.3 is 9.84 Å². The zero-order valence-corrected chi connectivity index (χ0v) is 17.9. The Labute approximate surface area is 172 Å². The molecule has 0 amide bonds. The predicted molar refractivity (Wildman–Crippen MR) is 108 cm³/mol. The molecule has 0 aliphatic heterocycles. The second-order valence-electron chi connectivity index (χ2n) is 10.2. The molecule has 0 heterocycles. The summed E-state index contributed by atoms with van der Waals surface area (Å²) in [7, 11) is 0. The quantitative estimate of drug-likeness (QED) is 0.784. The number of ether oxygens (including phenoxy) is 1. The topological polar surface area (TPSA) is 80.7 Å². The van der Waals surface area contributed by atoms with Gasteiger partial charge in [0.15, 0.2) is 11.6 Å². The normalized spacial score (nSPS) is 43.7. The van der Waals surface area contributed by atoms with E-state index in [0.29, 0.717) is 6.42 Å². The summed E-state index contributed by atoms with van der Waals surface area (Å²) in [6.07, 6.45) is 8.07. The number of rotatable bonds is 4. The molecule has 0 radical (unpaired) electrons. The largest absolute Gasteiger partial charge is 0.381 e. The fourth-order valence-electron chi connectivity index (χ4n) is 6.85. The van der Waals surface area contributed by atoms with Crippen molar-refractivity contribution in [1.29, 1.82) is 0 Å². The Morgan fingerprint density at radius 2 is 2.00 bits per heavy atom. The Kier molecular flexibility index (Phi) is 4.78. The predicted octanol–water partition coefficient (Wildman–Crippen LogP) is 3.20. The number of carbonyl (C=O) groups excluding carboxylic acids is 3. The molecule has 0 spiro atoms. The maximum Gasteiger partial charge on any atom is 0.190 e. The maximum atomic E-state index is 13.5. The standard InChI is InChI=1S/C24H32O5/c1-14(2)29-13-20(27)24(28)10-8-18-17-6-5-15-11-16(25)7-9-22(15,3)21(17)19(26)12-23(18,24)4/h7,9,11,14,17-18,21,28H,5-6,8,10,12-13H2,1-4H3/t17-,18-,21+,22-,23-,24-/m0/s1. The molecule has 158 valence electrons. The molecular weight excluding hydrogens is 368 g/mol. The summed E-state index contributed by atoms with van der Waals surface area (Å²) in [5.74, 6) is -0.145. The van der Waals surface area contributed by atoms with E-state index in [0.717, 1.165) is 24.8 Å². The van der Waals surface area contributed by atoms with Crippen LogP contribution in [-0.2, 0) is 19.1 Å². The van der Waals surface area contributed by atoms with E-state index in [1.807, 2.05) is 26.8 Å². The van der Waals surface area contributed by atoms with Crippen LogP contribution in [0.5, 0.6) is 0 Å². The lowest BCUT2D eigenvalue weighted by atomic mass is 9.46. The lowest BCUT2D eigenvalue weighted by molar-refractivity contribution is -0.170. The molecule has 0 bridgehead atoms. The van der Waals surface area contributed by atoms with Crippen molar-refractivity contribution in [3.05, 3.63) is 23.8 Å². The van der Waals surface area contributed by atoms with Gasteiger partial charge in [0.25, 0.3) is 0 Å². The first-order valence-corrected chi connectivity index (χ1v) is 10.9. The molecule has 3 saturated carbocycles. The van der Waals surface area contributed by atoms with Gasteiger partial charge in [-0.15, -0.1) is 0 Å². The number of aliphatic hydroxyl groups is 1. The molecule has 6 atom stereocenters. The van der Waals surface area contributed by atoms with E-state index in [9.17, 15) is 19.5 Å². The van der Waals surface area contributed by atoms with Crippen molar-refractivity contribution in [3.63, 3.8) is 0 Å². The van der Waals surface area contributed by atoms with Crippen LogP contribution in [0.1, 0.15) is 59.8 Å². The van der Waals surface area contributed by atoms with Gasteiger partial charge in [0.05, 0.1) is 6.10 Å². The molecule has 0 saturated heterocycles. The summed E-state index contributed by atoms with van der Waals surface area (Å²) in [5, 5.41) is 11.5. The number of ketones is 3. The van der Waals surface area contributed by atoms with Gasteiger partial charge in [-0.2, -0.15) is 0 Å². The van der Waals surface area contributed by atoms with Crippen LogP contribution < -0.4 is 0 Å². The second kappa shape index (κ2) is 6.71. The van der Waals surface area contributed by atoms with Crippen LogP contribution in [0.15, 0.2) is 23.8 Å². The van der Waals surface area contributed by atoms with Crippen LogP contribution >= 0.6 is 0 Å². The van der Waals surface area contributed by atoms with E-state index in [4.69, 9.17) is 4.74 Å². The summed E-state index contributed by atoms with van der Waals surface area (Å²) in [4.78, 5) is 38.4. The molecule has 4 aliphatic rings. The Morgan fingerprint density at radius 1 is 1.28 bits per heavy atom. The highest BCUT2D eigenvalue weighted by Crippen LogP contribution is 2.66. The van der Waals surface area contributed by atoms with Crippen molar-refractivity contribution < 1.29 is 24.2 Å². The number of Topliss-reactive ketones (excluding diaryl/α,β-unsaturated/α-hetero) is 2. The third-order valence-corrected chi connectivity index (χ3v) is 8.42. The highest BCUT2D eigenvalue weighted by molar-refractivity contribution is 6.02. The van der Waals surface area contributed by atoms with Gasteiger partial charge in [-0.05, 0) is 63.5 Å². The van der Waals surface area contributed by atoms with Gasteiger partial charge in [-0.25, -0.2) is 0 Å². The number of fused-ring (bicyclic) bond motifs is 5. The molecule has 5 heteroatoms. The first kappa shape index (κ1) is 20.7. The maximum absolute atomic E-state index is 13.5. The average Bonchev–Trinajstić information content (AvgIpc) is 2.91. The first-order valence-electron chi connectivity index (χ1n) is 10.9. The van der Waals surface area contributed by atoms with E-state index in [2.05, 4.69) is 6.92 Å². The van der Waals surface area contributed by atoms with Gasteiger partial charge in [-0.3, -0.25) is 14.4 Å². The molecular formula is C24H32O5. The van der Waals surface area contributed by atoms with Crippen molar-refractivity contribution in [2.24, 2.45) is 28.6 Å². The van der Waals surface area contributed by atoms with E-state index >= 15 is 0 Å². The fourth-order valence-corrected chi connectivity index (χ4v) is 6.85. The summed E-state index contributed by atoms with van der Waals surface area (Å²) in [5.41, 5.74) is -1.64. The second-order valence-corrected chi connectivity index (χ2v) is 10.2. The highest BCUT2D eigenvalue weighted by Gasteiger charge is 2.68. The Balaban J connectivity index is 1.67. The molecule has 0 unspecified atom stereocenters. The van der Waals surface area contributed by atoms with Crippen molar-refractivity contribution in [1.82, 2.24) is 0 Å². The van der Waals surface area contributed by atoms with E-state index in [1.54, 1.807) is 12.2 Å². The summed E-state index contributed by atoms with van der Waals surface area (Å²) >= 11 is 0. The third kappa shape index (κ3) is 2.84. The lowest BCUT2D eigenvalue weighted by Gasteiger charge is -2.56. The van der Waals surface area contributed by atoms with Gasteiger partial charge in [-0.1, -0.05) is 25.5 Å². The highest BCUT2D eigenvalue weighted by atomic mass is 16.5. The molecule has 0 aromatic heterocycles. The molecule has 0 aromatic carbocycles. The summed E-state index contributed by atoms with van der Waals surface area (Å²) in [6.45, 7) is 7.61. The number of allylic oxidation sites excluding steroid dienone is 4. The minimum absolute atomic E-state index is 0.00462. The Hall–Kier alpha value is -1.59. The Morgan fingerprint density at radius 3 is 2.69 bits per heavy atom. The summed E-state index contributed by atoms with van der Waals surface area (Å²) in [6, 6.07) is 0. The van der Waals surface area contributed by atoms with Crippen molar-refractivity contribution in [2.45, 2.75) is 71.5 Å². The zero-order chi connectivity index (χ0) is 21.2. The van der Waals surface area contributed by atoms with Crippen LogP contribution in [0.3, 0.4) is 0 Å². The molecule has 4 rings (SSSR count). The minimum atomic E-state index is -1.51. The van der Waals surface area contributed by atoms with Crippen LogP contribution in [0.2, 0.25) is 0 Å². The number of carbonyl (C=O) groups is 3. The van der Waals surface area contributed by atoms with Gasteiger partial charge in [0, 0.05) is 23.2 Å². The first-order chi connectivity index (χ1) is 13.5. The number of hydrogen-bond donors (Lipinski definition) is 1. The van der Waals surface area contributed by atoms with E-state index in [1.165, 1.54) is 0 Å². The van der Waals surface area contributed by atoms with E-state index < -0.39 is 16.4 Å². The van der Waals surface area contributed by atoms with E-state index in [-0.39, 0.29) is 54.2 Å². The summed E-state index contributed by atoms with van der Waals surface area (Å²) < 4.78 is 5.49. The van der Waals surface area contributed by atoms with Gasteiger partial charge in [0.2, 0.25) is 0 Å². The number of hydrogen-bond acceptors (Lipinski definition) is 5. The monoisotopic (exact) mass is 400 g/mol. The molecule has 3 fully saturated rings. The van der Waals surface area contributed by atoms with Crippen LogP contribution in [0.25, 0.3) is 0 Å². The van der Waals surface area contributed by atoms with Crippen molar-refractivity contribution in [2.75, 3.05) is 6.61 Å². The van der Waals surface area contributed by atoms with Crippen molar-refractivity contribution >= 4 is 17.3 Å². The Bertz CT molecular complexity index is 823. The molecule has 4 aliphatic carbocycles. The SMILES string of the molecule is CC(C)OCC(=O)[C@@]1(O)CC[C@H]2[C@@H]3CCC4=CC(=O)C=C[C@]4(C)[C@H]3C(=O)C[C@@]21C. The van der Waals surface area contributed by atoms with Gasteiger partial charge in [0.1, 0.15) is 18.0 Å².